The molecular weight excluding hydrogens is 472 g/mol. The summed E-state index contributed by atoms with van der Waals surface area (Å²) in [6, 6.07) is 12.5. The molecule has 0 heterocycles. The third-order valence-electron chi connectivity index (χ3n) is 3.60. The van der Waals surface area contributed by atoms with Crippen molar-refractivity contribution in [2.45, 2.75) is 11.0 Å². The van der Waals surface area contributed by atoms with E-state index in [4.69, 9.17) is 0 Å². The lowest BCUT2D eigenvalue weighted by molar-refractivity contribution is -0.0513. The van der Waals surface area contributed by atoms with Gasteiger partial charge in [-0.1, -0.05) is 54.8 Å². The van der Waals surface area contributed by atoms with Crippen LogP contribution in [-0.2, 0) is 20.0 Å². The van der Waals surface area contributed by atoms with E-state index in [1.165, 1.54) is 6.07 Å². The molecule has 0 aliphatic heterocycles. The van der Waals surface area contributed by atoms with Crippen LogP contribution >= 0.6 is 0 Å². The predicted molar refractivity (Wildman–Crippen MR) is 99.7 cm³/mol. The number of halogens is 6. The summed E-state index contributed by atoms with van der Waals surface area (Å²) in [7, 11) is -14.1. The first-order valence-electron chi connectivity index (χ1n) is 7.89. The molecule has 2 rings (SSSR count). The Morgan fingerprint density at radius 1 is 0.742 bits per heavy atom. The molecule has 0 spiro atoms. The average molecular weight is 483 g/mol. The van der Waals surface area contributed by atoms with Gasteiger partial charge in [0.2, 0.25) is 0 Å². The first kappa shape index (κ1) is 24.3. The van der Waals surface area contributed by atoms with Crippen LogP contribution in [0.1, 0.15) is 16.7 Å². The number of rotatable bonds is 4. The normalized spacial score (nSPS) is 12.6. The Balaban J connectivity index is 2.72. The zero-order valence-corrected chi connectivity index (χ0v) is 16.7. The lowest BCUT2D eigenvalue weighted by Crippen LogP contribution is -2.48. The van der Waals surface area contributed by atoms with Crippen LogP contribution in [0.4, 0.5) is 26.3 Å². The molecular formula is C18H11F6NO4S2. The van der Waals surface area contributed by atoms with Crippen molar-refractivity contribution in [2.24, 2.45) is 0 Å². The summed E-state index contributed by atoms with van der Waals surface area (Å²) in [5, 5.41) is 0. The molecule has 31 heavy (non-hydrogen) atoms. The van der Waals surface area contributed by atoms with Crippen molar-refractivity contribution < 1.29 is 43.2 Å². The van der Waals surface area contributed by atoms with Crippen molar-refractivity contribution in [2.75, 3.05) is 0 Å². The molecule has 0 aromatic heterocycles. The molecule has 0 saturated heterocycles. The molecule has 2 aromatic carbocycles. The van der Waals surface area contributed by atoms with E-state index >= 15 is 0 Å². The molecule has 0 fully saturated rings. The van der Waals surface area contributed by atoms with E-state index in [1.807, 2.05) is 0 Å². The Bertz CT molecular complexity index is 1210. The lowest BCUT2D eigenvalue weighted by Gasteiger charge is -2.27. The molecule has 0 aliphatic rings. The molecule has 0 saturated carbocycles. The van der Waals surface area contributed by atoms with E-state index in [0.717, 1.165) is 18.2 Å². The van der Waals surface area contributed by atoms with Gasteiger partial charge in [0.1, 0.15) is 0 Å². The largest absolute Gasteiger partial charge is 0.517 e. The van der Waals surface area contributed by atoms with Crippen molar-refractivity contribution >= 4 is 25.7 Å². The molecule has 0 atom stereocenters. The number of alkyl halides is 6. The quantitative estimate of drug-likeness (QED) is 0.486. The second-order valence-electron chi connectivity index (χ2n) is 5.71. The zero-order chi connectivity index (χ0) is 23.7. The SMILES string of the molecule is C=C(c1ccccc1C#Cc1ccccc1)N(S(=O)(=O)C(F)(F)F)S(=O)(=O)C(F)(F)F. The van der Waals surface area contributed by atoms with Gasteiger partial charge in [0.25, 0.3) is 0 Å². The van der Waals surface area contributed by atoms with Crippen molar-refractivity contribution in [1.29, 1.82) is 0 Å². The third kappa shape index (κ3) is 4.86. The maximum atomic E-state index is 13.0. The van der Waals surface area contributed by atoms with Gasteiger partial charge in [-0.2, -0.15) is 43.2 Å². The summed E-state index contributed by atoms with van der Waals surface area (Å²) in [5.41, 5.74) is -14.8. The standard InChI is InChI=1S/C18H11F6NO4S2/c1-13(25(30(26,27)17(19,20)21)31(28,29)18(22,23)24)16-10-6-5-9-15(16)12-11-14-7-3-2-4-8-14/h2-10H,1H2. The Hall–Kier alpha value is -2.98. The average Bonchev–Trinajstić information content (AvgIpc) is 2.65. The van der Waals surface area contributed by atoms with E-state index < -0.39 is 46.0 Å². The van der Waals surface area contributed by atoms with Crippen LogP contribution in [-0.4, -0.2) is 31.6 Å². The first-order chi connectivity index (χ1) is 14.1. The van der Waals surface area contributed by atoms with Crippen LogP contribution in [0.15, 0.2) is 61.2 Å². The second-order valence-corrected chi connectivity index (χ2v) is 9.49. The molecule has 13 heteroatoms. The molecule has 0 bridgehead atoms. The van der Waals surface area contributed by atoms with Gasteiger partial charge in [-0.05, 0) is 18.2 Å². The van der Waals surface area contributed by atoms with E-state index in [1.54, 1.807) is 30.3 Å². The van der Waals surface area contributed by atoms with Crippen LogP contribution in [0.5, 0.6) is 0 Å². The highest BCUT2D eigenvalue weighted by atomic mass is 32.3. The summed E-state index contributed by atoms with van der Waals surface area (Å²) in [6.45, 7) is 2.90. The first-order valence-corrected chi connectivity index (χ1v) is 10.8. The van der Waals surface area contributed by atoms with Crippen molar-refractivity contribution in [3.63, 3.8) is 0 Å². The maximum absolute atomic E-state index is 13.0. The highest BCUT2D eigenvalue weighted by molar-refractivity contribution is 8.05. The minimum absolute atomic E-state index is 0.254. The summed E-state index contributed by atoms with van der Waals surface area (Å²) in [4.78, 5) is 0. The lowest BCUT2D eigenvalue weighted by atomic mass is 10.1. The minimum Gasteiger partial charge on any atom is -0.196 e. The molecule has 0 radical (unpaired) electrons. The van der Waals surface area contributed by atoms with Gasteiger partial charge in [-0.15, -0.1) is 3.71 Å². The number of benzene rings is 2. The van der Waals surface area contributed by atoms with Gasteiger partial charge in [0.05, 0.1) is 5.70 Å². The Labute approximate surface area is 173 Å². The third-order valence-corrected chi connectivity index (χ3v) is 7.26. The molecule has 0 unspecified atom stereocenters. The molecule has 0 N–H and O–H groups in total. The number of hydrogen-bond donors (Lipinski definition) is 0. The summed E-state index contributed by atoms with van der Waals surface area (Å²) in [5.74, 6) is 5.04. The van der Waals surface area contributed by atoms with Gasteiger partial charge in [-0.3, -0.25) is 0 Å². The smallest absolute Gasteiger partial charge is 0.196 e. The topological polar surface area (TPSA) is 71.5 Å². The van der Waals surface area contributed by atoms with E-state index in [-0.39, 0.29) is 5.56 Å². The van der Waals surface area contributed by atoms with Crippen molar-refractivity contribution in [1.82, 2.24) is 3.71 Å². The second kappa shape index (κ2) is 8.27. The van der Waals surface area contributed by atoms with Crippen LogP contribution < -0.4 is 0 Å². The fourth-order valence-electron chi connectivity index (χ4n) is 2.21. The number of nitrogens with zero attached hydrogens (tertiary/aromatic N) is 1. The van der Waals surface area contributed by atoms with Gasteiger partial charge in [0.15, 0.2) is 0 Å². The van der Waals surface area contributed by atoms with Crippen LogP contribution in [0.3, 0.4) is 0 Å². The van der Waals surface area contributed by atoms with Gasteiger partial charge < -0.3 is 0 Å². The minimum atomic E-state index is -7.03. The Morgan fingerprint density at radius 2 is 1.19 bits per heavy atom. The zero-order valence-electron chi connectivity index (χ0n) is 15.1. The summed E-state index contributed by atoms with van der Waals surface area (Å²) in [6.07, 6.45) is 0. The van der Waals surface area contributed by atoms with Crippen LogP contribution in [0, 0.1) is 11.8 Å². The summed E-state index contributed by atoms with van der Waals surface area (Å²) >= 11 is 0. The number of hydrogen-bond acceptors (Lipinski definition) is 4. The Kier molecular flexibility index (Phi) is 6.48. The van der Waals surface area contributed by atoms with E-state index in [9.17, 15) is 43.2 Å². The van der Waals surface area contributed by atoms with Gasteiger partial charge in [-0.25, -0.2) is 0 Å². The Morgan fingerprint density at radius 3 is 1.68 bits per heavy atom. The van der Waals surface area contributed by atoms with E-state index in [0.29, 0.717) is 5.56 Å². The molecule has 0 amide bonds. The van der Waals surface area contributed by atoms with Crippen molar-refractivity contribution in [3.8, 4) is 11.8 Å². The molecule has 5 nitrogen and oxygen atoms in total. The van der Waals surface area contributed by atoms with Crippen LogP contribution in [0.2, 0.25) is 0 Å². The van der Waals surface area contributed by atoms with Gasteiger partial charge in [0, 0.05) is 16.7 Å². The predicted octanol–water partition coefficient (Wildman–Crippen LogP) is 4.06. The van der Waals surface area contributed by atoms with Gasteiger partial charge >= 0.3 is 31.1 Å². The maximum Gasteiger partial charge on any atom is 0.517 e. The molecule has 0 aliphatic carbocycles. The molecule has 166 valence electrons. The highest BCUT2D eigenvalue weighted by Crippen LogP contribution is 2.40. The van der Waals surface area contributed by atoms with Crippen molar-refractivity contribution in [3.05, 3.63) is 77.9 Å². The van der Waals surface area contributed by atoms with E-state index in [2.05, 4.69) is 18.4 Å². The van der Waals surface area contributed by atoms with Crippen LogP contribution in [0.25, 0.3) is 5.70 Å². The fraction of sp³-hybridized carbons (Fsp3) is 0.111. The fourth-order valence-corrected chi connectivity index (χ4v) is 4.90. The highest BCUT2D eigenvalue weighted by Gasteiger charge is 2.62. The molecule has 2 aromatic rings. The summed E-state index contributed by atoms with van der Waals surface area (Å²) < 4.78 is 123. The monoisotopic (exact) mass is 483 g/mol. The number of sulfonamides is 2.